The first-order valence-corrected chi connectivity index (χ1v) is 7.49. The fourth-order valence-electron chi connectivity index (χ4n) is 3.73. The maximum absolute atomic E-state index is 9.74. The maximum atomic E-state index is 9.74. The van der Waals surface area contributed by atoms with Crippen molar-refractivity contribution in [2.45, 2.75) is 20.4 Å². The van der Waals surface area contributed by atoms with Crippen LogP contribution in [0, 0.1) is 25.2 Å². The largest absolute Gasteiger partial charge is 0.496 e. The van der Waals surface area contributed by atoms with Crippen molar-refractivity contribution in [2.75, 3.05) is 40.0 Å². The van der Waals surface area contributed by atoms with Crippen molar-refractivity contribution in [1.29, 1.82) is 0 Å². The zero-order valence-electron chi connectivity index (χ0n) is 13.1. The molecule has 1 aromatic rings. The highest BCUT2D eigenvalue weighted by Gasteiger charge is 2.50. The summed E-state index contributed by atoms with van der Waals surface area (Å²) in [6.45, 7) is 8.38. The van der Waals surface area contributed by atoms with Gasteiger partial charge in [0.25, 0.3) is 0 Å². The van der Waals surface area contributed by atoms with Crippen LogP contribution in [0.3, 0.4) is 0 Å². The van der Waals surface area contributed by atoms with E-state index < -0.39 is 0 Å². The van der Waals surface area contributed by atoms with Gasteiger partial charge < -0.3 is 14.6 Å². The van der Waals surface area contributed by atoms with Crippen LogP contribution in [0.25, 0.3) is 0 Å². The van der Waals surface area contributed by atoms with Gasteiger partial charge in [-0.3, -0.25) is 9.88 Å². The Morgan fingerprint density at radius 3 is 3.00 bits per heavy atom. The SMILES string of the molecule is COc1c(C)cnc(CN2C[C@H]3COC[C@@]3(CO)C2)c1C. The zero-order valence-corrected chi connectivity index (χ0v) is 13.1. The molecule has 2 aliphatic rings. The van der Waals surface area contributed by atoms with E-state index >= 15 is 0 Å². The molecule has 1 N–H and O–H groups in total. The fourth-order valence-corrected chi connectivity index (χ4v) is 3.73. The quantitative estimate of drug-likeness (QED) is 0.902. The van der Waals surface area contributed by atoms with Crippen molar-refractivity contribution in [1.82, 2.24) is 9.88 Å². The van der Waals surface area contributed by atoms with Gasteiger partial charge in [0.05, 0.1) is 32.6 Å². The summed E-state index contributed by atoms with van der Waals surface area (Å²) in [7, 11) is 1.71. The summed E-state index contributed by atoms with van der Waals surface area (Å²) in [5.74, 6) is 1.37. The number of aromatic nitrogens is 1. The topological polar surface area (TPSA) is 54.8 Å². The van der Waals surface area contributed by atoms with Crippen LogP contribution in [0.5, 0.6) is 5.75 Å². The van der Waals surface area contributed by atoms with Crippen molar-refractivity contribution in [3.05, 3.63) is 23.0 Å². The smallest absolute Gasteiger partial charge is 0.128 e. The molecule has 0 saturated carbocycles. The van der Waals surface area contributed by atoms with Crippen LogP contribution in [0.15, 0.2) is 6.20 Å². The number of likely N-dealkylation sites (tertiary alicyclic amines) is 1. The molecule has 1 aromatic heterocycles. The standard InChI is InChI=1S/C16H24N2O3/c1-11-4-17-14(12(2)15(11)20-3)6-18-5-13-7-21-10-16(13,8-18)9-19/h4,13,19H,5-10H2,1-3H3/t13-,16-/m0/s1. The number of fused-ring (bicyclic) bond motifs is 1. The normalized spacial score (nSPS) is 28.9. The second kappa shape index (κ2) is 5.55. The molecule has 5 nitrogen and oxygen atoms in total. The van der Waals surface area contributed by atoms with E-state index in [1.54, 1.807) is 7.11 Å². The Labute approximate surface area is 125 Å². The molecule has 2 atom stereocenters. The minimum atomic E-state index is -0.0668. The summed E-state index contributed by atoms with van der Waals surface area (Å²) < 4.78 is 11.0. The first-order valence-electron chi connectivity index (χ1n) is 7.49. The third-order valence-corrected chi connectivity index (χ3v) is 5.03. The summed E-state index contributed by atoms with van der Waals surface area (Å²) in [5.41, 5.74) is 3.18. The molecule has 0 unspecified atom stereocenters. The number of hydrogen-bond donors (Lipinski definition) is 1. The number of rotatable bonds is 4. The number of methoxy groups -OCH3 is 1. The number of ether oxygens (including phenoxy) is 2. The Kier molecular flexibility index (Phi) is 3.90. The molecule has 3 rings (SSSR count). The molecule has 5 heteroatoms. The summed E-state index contributed by atoms with van der Waals surface area (Å²) >= 11 is 0. The van der Waals surface area contributed by atoms with Crippen LogP contribution in [-0.4, -0.2) is 55.0 Å². The van der Waals surface area contributed by atoms with Crippen LogP contribution in [0.2, 0.25) is 0 Å². The van der Waals surface area contributed by atoms with Gasteiger partial charge in [-0.15, -0.1) is 0 Å². The van der Waals surface area contributed by atoms with E-state index in [4.69, 9.17) is 9.47 Å². The van der Waals surface area contributed by atoms with Crippen molar-refractivity contribution in [2.24, 2.45) is 11.3 Å². The molecule has 2 saturated heterocycles. The molecular weight excluding hydrogens is 268 g/mol. The van der Waals surface area contributed by atoms with Gasteiger partial charge in [-0.05, 0) is 13.8 Å². The lowest BCUT2D eigenvalue weighted by atomic mass is 9.82. The predicted molar refractivity (Wildman–Crippen MR) is 79.4 cm³/mol. The minimum Gasteiger partial charge on any atom is -0.496 e. The second-order valence-corrected chi connectivity index (χ2v) is 6.45. The van der Waals surface area contributed by atoms with E-state index in [9.17, 15) is 5.11 Å². The lowest BCUT2D eigenvalue weighted by Crippen LogP contribution is -2.34. The molecule has 0 spiro atoms. The lowest BCUT2D eigenvalue weighted by molar-refractivity contribution is 0.0800. The molecule has 0 aromatic carbocycles. The van der Waals surface area contributed by atoms with Crippen LogP contribution in [0.1, 0.15) is 16.8 Å². The van der Waals surface area contributed by atoms with E-state index in [0.29, 0.717) is 12.5 Å². The van der Waals surface area contributed by atoms with Crippen molar-refractivity contribution < 1.29 is 14.6 Å². The Hall–Kier alpha value is -1.17. The van der Waals surface area contributed by atoms with E-state index in [2.05, 4.69) is 16.8 Å². The Bertz CT molecular complexity index is 534. The maximum Gasteiger partial charge on any atom is 0.128 e. The van der Waals surface area contributed by atoms with Gasteiger partial charge in [-0.1, -0.05) is 0 Å². The molecule has 0 amide bonds. The molecule has 2 fully saturated rings. The molecule has 0 radical (unpaired) electrons. The molecule has 116 valence electrons. The number of nitrogens with zero attached hydrogens (tertiary/aromatic N) is 2. The van der Waals surface area contributed by atoms with Gasteiger partial charge >= 0.3 is 0 Å². The monoisotopic (exact) mass is 292 g/mol. The van der Waals surface area contributed by atoms with E-state index in [1.165, 1.54) is 0 Å². The Morgan fingerprint density at radius 1 is 1.52 bits per heavy atom. The zero-order chi connectivity index (χ0) is 15.0. The van der Waals surface area contributed by atoms with Crippen LogP contribution < -0.4 is 4.74 Å². The van der Waals surface area contributed by atoms with Gasteiger partial charge in [-0.25, -0.2) is 0 Å². The highest BCUT2D eigenvalue weighted by Crippen LogP contribution is 2.41. The predicted octanol–water partition coefficient (Wildman–Crippen LogP) is 1.15. The molecule has 3 heterocycles. The van der Waals surface area contributed by atoms with Crippen LogP contribution in [0.4, 0.5) is 0 Å². The van der Waals surface area contributed by atoms with Crippen LogP contribution >= 0.6 is 0 Å². The van der Waals surface area contributed by atoms with Gasteiger partial charge in [0, 0.05) is 48.3 Å². The molecule has 0 bridgehead atoms. The van der Waals surface area contributed by atoms with Gasteiger partial charge in [0.1, 0.15) is 5.75 Å². The van der Waals surface area contributed by atoms with Gasteiger partial charge in [-0.2, -0.15) is 0 Å². The van der Waals surface area contributed by atoms with Crippen LogP contribution in [-0.2, 0) is 11.3 Å². The van der Waals surface area contributed by atoms with Gasteiger partial charge in [0.15, 0.2) is 0 Å². The Balaban J connectivity index is 1.77. The average molecular weight is 292 g/mol. The summed E-state index contributed by atoms with van der Waals surface area (Å²) in [6.07, 6.45) is 1.88. The molecular formula is C16H24N2O3. The highest BCUT2D eigenvalue weighted by molar-refractivity contribution is 5.41. The van der Waals surface area contributed by atoms with Crippen molar-refractivity contribution in [3.63, 3.8) is 0 Å². The molecule has 21 heavy (non-hydrogen) atoms. The van der Waals surface area contributed by atoms with Gasteiger partial charge in [0.2, 0.25) is 0 Å². The second-order valence-electron chi connectivity index (χ2n) is 6.45. The summed E-state index contributed by atoms with van der Waals surface area (Å²) in [4.78, 5) is 6.96. The molecule has 0 aliphatic carbocycles. The fraction of sp³-hybridized carbons (Fsp3) is 0.688. The van der Waals surface area contributed by atoms with E-state index in [-0.39, 0.29) is 12.0 Å². The third-order valence-electron chi connectivity index (χ3n) is 5.03. The number of pyridine rings is 1. The summed E-state index contributed by atoms with van der Waals surface area (Å²) in [6, 6.07) is 0. The number of hydrogen-bond acceptors (Lipinski definition) is 5. The lowest BCUT2D eigenvalue weighted by Gasteiger charge is -2.24. The number of aliphatic hydroxyl groups is 1. The first kappa shape index (κ1) is 14.8. The Morgan fingerprint density at radius 2 is 2.33 bits per heavy atom. The summed E-state index contributed by atoms with van der Waals surface area (Å²) in [5, 5.41) is 9.74. The average Bonchev–Trinajstić information content (AvgIpc) is 2.99. The number of aliphatic hydroxyl groups excluding tert-OH is 1. The number of aryl methyl sites for hydroxylation is 1. The van der Waals surface area contributed by atoms with E-state index in [1.807, 2.05) is 13.1 Å². The first-order chi connectivity index (χ1) is 10.1. The van der Waals surface area contributed by atoms with Crippen molar-refractivity contribution in [3.8, 4) is 5.75 Å². The molecule has 2 aliphatic heterocycles. The van der Waals surface area contributed by atoms with E-state index in [0.717, 1.165) is 48.8 Å². The van der Waals surface area contributed by atoms with Crippen molar-refractivity contribution >= 4 is 0 Å². The third kappa shape index (κ3) is 2.43. The minimum absolute atomic E-state index is 0.0668. The highest BCUT2D eigenvalue weighted by atomic mass is 16.5.